The van der Waals surface area contributed by atoms with Gasteiger partial charge in [0.1, 0.15) is 0 Å². The highest BCUT2D eigenvalue weighted by Crippen LogP contribution is 2.16. The number of sulfone groups is 1. The topological polar surface area (TPSA) is 70.6 Å². The Morgan fingerprint density at radius 2 is 1.89 bits per heavy atom. The molecule has 0 spiro atoms. The molecule has 148 valence electrons. The summed E-state index contributed by atoms with van der Waals surface area (Å²) in [5.41, 5.74) is 1.07. The van der Waals surface area contributed by atoms with Crippen molar-refractivity contribution in [2.75, 3.05) is 19.3 Å². The molecule has 5 nitrogen and oxygen atoms in total. The standard InChI is InChI=1S/C20H29N3O2S2/c1-5-21-20(23-15(2)14-18-9-6-16(3)26-18)22-13-12-17-7-10-19(11-8-17)27(4,24)25/h6-11,15H,5,12-14H2,1-4H3,(H2,21,22,23). The lowest BCUT2D eigenvalue weighted by atomic mass is 10.1. The van der Waals surface area contributed by atoms with Crippen molar-refractivity contribution >= 4 is 27.1 Å². The zero-order chi connectivity index (χ0) is 19.9. The summed E-state index contributed by atoms with van der Waals surface area (Å²) in [5.74, 6) is 0.811. The molecule has 0 aliphatic heterocycles. The molecule has 0 aliphatic carbocycles. The van der Waals surface area contributed by atoms with Gasteiger partial charge in [-0.3, -0.25) is 4.99 Å². The van der Waals surface area contributed by atoms with Crippen LogP contribution in [-0.4, -0.2) is 39.8 Å². The van der Waals surface area contributed by atoms with Gasteiger partial charge in [0, 0.05) is 41.6 Å². The molecule has 2 N–H and O–H groups in total. The number of aliphatic imine (C=N–C) groups is 1. The summed E-state index contributed by atoms with van der Waals surface area (Å²) in [7, 11) is -3.15. The molecule has 0 fully saturated rings. The Balaban J connectivity index is 1.90. The highest BCUT2D eigenvalue weighted by Gasteiger charge is 2.08. The summed E-state index contributed by atoms with van der Waals surface area (Å²) in [6.45, 7) is 7.78. The second-order valence-electron chi connectivity index (χ2n) is 6.69. The van der Waals surface area contributed by atoms with Gasteiger partial charge in [-0.1, -0.05) is 12.1 Å². The highest BCUT2D eigenvalue weighted by molar-refractivity contribution is 7.90. The summed E-state index contributed by atoms with van der Waals surface area (Å²) < 4.78 is 23.0. The van der Waals surface area contributed by atoms with Crippen LogP contribution in [0, 0.1) is 6.92 Å². The van der Waals surface area contributed by atoms with E-state index < -0.39 is 9.84 Å². The van der Waals surface area contributed by atoms with Crippen molar-refractivity contribution in [3.63, 3.8) is 0 Å². The van der Waals surface area contributed by atoms with Crippen molar-refractivity contribution < 1.29 is 8.42 Å². The molecule has 0 saturated heterocycles. The zero-order valence-corrected chi connectivity index (χ0v) is 18.1. The first kappa shape index (κ1) is 21.4. The van der Waals surface area contributed by atoms with E-state index in [4.69, 9.17) is 0 Å². The van der Waals surface area contributed by atoms with E-state index in [1.807, 2.05) is 23.5 Å². The van der Waals surface area contributed by atoms with E-state index >= 15 is 0 Å². The number of thiophene rings is 1. The molecule has 27 heavy (non-hydrogen) atoms. The van der Waals surface area contributed by atoms with E-state index in [0.29, 0.717) is 11.4 Å². The summed E-state index contributed by atoms with van der Waals surface area (Å²) in [6.07, 6.45) is 2.95. The first-order chi connectivity index (χ1) is 12.8. The van der Waals surface area contributed by atoms with Gasteiger partial charge in [0.15, 0.2) is 15.8 Å². The van der Waals surface area contributed by atoms with Crippen molar-refractivity contribution in [2.45, 2.75) is 44.6 Å². The van der Waals surface area contributed by atoms with E-state index in [-0.39, 0.29) is 6.04 Å². The van der Waals surface area contributed by atoms with Crippen LogP contribution in [0.4, 0.5) is 0 Å². The fraction of sp³-hybridized carbons (Fsp3) is 0.450. The number of guanidine groups is 1. The van der Waals surface area contributed by atoms with Crippen LogP contribution in [0.2, 0.25) is 0 Å². The van der Waals surface area contributed by atoms with Gasteiger partial charge in [0.2, 0.25) is 0 Å². The summed E-state index contributed by atoms with van der Waals surface area (Å²) in [4.78, 5) is 7.70. The maximum atomic E-state index is 11.5. The van der Waals surface area contributed by atoms with E-state index in [0.717, 1.165) is 30.9 Å². The van der Waals surface area contributed by atoms with Crippen LogP contribution in [0.25, 0.3) is 0 Å². The molecule has 1 unspecified atom stereocenters. The van der Waals surface area contributed by atoms with Gasteiger partial charge in [0.05, 0.1) is 4.90 Å². The Hall–Kier alpha value is -1.86. The molecule has 1 aromatic carbocycles. The number of nitrogens with zero attached hydrogens (tertiary/aromatic N) is 1. The Morgan fingerprint density at radius 3 is 2.44 bits per heavy atom. The number of rotatable bonds is 8. The van der Waals surface area contributed by atoms with Gasteiger partial charge in [-0.2, -0.15) is 0 Å². The monoisotopic (exact) mass is 407 g/mol. The van der Waals surface area contributed by atoms with Gasteiger partial charge >= 0.3 is 0 Å². The molecule has 0 amide bonds. The maximum absolute atomic E-state index is 11.5. The number of hydrogen-bond donors (Lipinski definition) is 2. The number of benzene rings is 1. The van der Waals surface area contributed by atoms with Crippen LogP contribution in [0.15, 0.2) is 46.3 Å². The minimum atomic E-state index is -3.15. The molecule has 0 saturated carbocycles. The summed E-state index contributed by atoms with van der Waals surface area (Å²) in [5, 5.41) is 6.74. The van der Waals surface area contributed by atoms with Crippen molar-refractivity contribution in [2.24, 2.45) is 4.99 Å². The highest BCUT2D eigenvalue weighted by atomic mass is 32.2. The molecular formula is C20H29N3O2S2. The molecule has 2 aromatic rings. The molecule has 1 atom stereocenters. The average Bonchev–Trinajstić information content (AvgIpc) is 2.99. The number of nitrogens with one attached hydrogen (secondary N) is 2. The SMILES string of the molecule is CCNC(=NCCc1ccc(S(C)(=O)=O)cc1)NC(C)Cc1ccc(C)s1. The molecule has 1 heterocycles. The molecular weight excluding hydrogens is 378 g/mol. The van der Waals surface area contributed by atoms with Crippen molar-refractivity contribution in [1.82, 2.24) is 10.6 Å². The van der Waals surface area contributed by atoms with Crippen LogP contribution in [0.1, 0.15) is 29.2 Å². The number of hydrogen-bond acceptors (Lipinski definition) is 4. The fourth-order valence-corrected chi connectivity index (χ4v) is 4.35. The average molecular weight is 408 g/mol. The van der Waals surface area contributed by atoms with Crippen LogP contribution in [0.3, 0.4) is 0 Å². The van der Waals surface area contributed by atoms with E-state index in [1.54, 1.807) is 12.1 Å². The minimum absolute atomic E-state index is 0.287. The lowest BCUT2D eigenvalue weighted by Gasteiger charge is -2.17. The largest absolute Gasteiger partial charge is 0.357 e. The third-order valence-electron chi connectivity index (χ3n) is 4.05. The Morgan fingerprint density at radius 1 is 1.19 bits per heavy atom. The minimum Gasteiger partial charge on any atom is -0.357 e. The molecule has 2 rings (SSSR count). The van der Waals surface area contributed by atoms with Gasteiger partial charge < -0.3 is 10.6 Å². The van der Waals surface area contributed by atoms with E-state index in [1.165, 1.54) is 16.0 Å². The van der Waals surface area contributed by atoms with E-state index in [2.05, 4.69) is 48.5 Å². The lowest BCUT2D eigenvalue weighted by molar-refractivity contribution is 0.602. The molecule has 0 bridgehead atoms. The van der Waals surface area contributed by atoms with Crippen molar-refractivity contribution in [3.8, 4) is 0 Å². The summed E-state index contributed by atoms with van der Waals surface area (Å²) >= 11 is 1.83. The Bertz CT molecular complexity index is 856. The quantitative estimate of drug-likeness (QED) is 0.521. The first-order valence-corrected chi connectivity index (χ1v) is 11.9. The molecule has 7 heteroatoms. The maximum Gasteiger partial charge on any atom is 0.191 e. The lowest BCUT2D eigenvalue weighted by Crippen LogP contribution is -2.43. The second-order valence-corrected chi connectivity index (χ2v) is 10.1. The van der Waals surface area contributed by atoms with Gasteiger partial charge in [-0.15, -0.1) is 11.3 Å². The predicted molar refractivity (Wildman–Crippen MR) is 115 cm³/mol. The van der Waals surface area contributed by atoms with Gasteiger partial charge in [-0.25, -0.2) is 8.42 Å². The molecule has 0 radical (unpaired) electrons. The van der Waals surface area contributed by atoms with E-state index in [9.17, 15) is 8.42 Å². The molecule has 0 aliphatic rings. The van der Waals surface area contributed by atoms with Crippen LogP contribution < -0.4 is 10.6 Å². The van der Waals surface area contributed by atoms with Crippen molar-refractivity contribution in [3.05, 3.63) is 51.7 Å². The van der Waals surface area contributed by atoms with Crippen LogP contribution >= 0.6 is 11.3 Å². The fourth-order valence-electron chi connectivity index (χ4n) is 2.70. The van der Waals surface area contributed by atoms with Crippen LogP contribution in [-0.2, 0) is 22.7 Å². The Kier molecular flexibility index (Phi) is 7.86. The number of aryl methyl sites for hydroxylation is 1. The Labute approximate surface area is 166 Å². The smallest absolute Gasteiger partial charge is 0.191 e. The molecule has 1 aromatic heterocycles. The van der Waals surface area contributed by atoms with Gasteiger partial charge in [-0.05, 0) is 57.0 Å². The predicted octanol–water partition coefficient (Wildman–Crippen LogP) is 3.19. The second kappa shape index (κ2) is 9.90. The van der Waals surface area contributed by atoms with Crippen molar-refractivity contribution in [1.29, 1.82) is 0 Å². The summed E-state index contributed by atoms with van der Waals surface area (Å²) in [6, 6.07) is 11.6. The van der Waals surface area contributed by atoms with Crippen LogP contribution in [0.5, 0.6) is 0 Å². The zero-order valence-electron chi connectivity index (χ0n) is 16.5. The first-order valence-electron chi connectivity index (χ1n) is 9.17. The third-order valence-corrected chi connectivity index (χ3v) is 6.20. The van der Waals surface area contributed by atoms with Gasteiger partial charge in [0.25, 0.3) is 0 Å². The normalized spacial score (nSPS) is 13.4. The third kappa shape index (κ3) is 7.34.